The maximum absolute atomic E-state index is 14.7. The van der Waals surface area contributed by atoms with Crippen molar-refractivity contribution in [2.45, 2.75) is 81.6 Å². The highest BCUT2D eigenvalue weighted by molar-refractivity contribution is 7.09. The molecule has 1 saturated heterocycles. The van der Waals surface area contributed by atoms with Crippen LogP contribution in [0.2, 0.25) is 0 Å². The van der Waals surface area contributed by atoms with Crippen LogP contribution in [0.15, 0.2) is 127 Å². The predicted molar refractivity (Wildman–Crippen MR) is 242 cm³/mol. The summed E-state index contributed by atoms with van der Waals surface area (Å²) >= 11 is 1.40. The van der Waals surface area contributed by atoms with Gasteiger partial charge in [0.1, 0.15) is 30.2 Å². The first-order chi connectivity index (χ1) is 31.0. The summed E-state index contributed by atoms with van der Waals surface area (Å²) in [7, 11) is 0. The summed E-state index contributed by atoms with van der Waals surface area (Å²) in [5.41, 5.74) is 4.38. The lowest BCUT2D eigenvalue weighted by Crippen LogP contribution is -2.60. The maximum Gasteiger partial charge on any atom is 0.326 e. The molecule has 15 heteroatoms. The minimum Gasteiger partial charge on any atom is -0.480 e. The Labute approximate surface area is 374 Å². The monoisotopic (exact) mass is 882 g/mol. The Morgan fingerprint density at radius 2 is 1.19 bits per heavy atom. The van der Waals surface area contributed by atoms with Crippen LogP contribution in [0.4, 0.5) is 5.69 Å². The highest BCUT2D eigenvalue weighted by Crippen LogP contribution is 2.23. The van der Waals surface area contributed by atoms with Crippen LogP contribution < -0.4 is 26.6 Å². The molecule has 1 aromatic heterocycles. The molecule has 64 heavy (non-hydrogen) atoms. The number of aliphatic carboxylic acids is 1. The number of fused-ring (bicyclic) bond motifs is 18. The van der Waals surface area contributed by atoms with Gasteiger partial charge in [-0.05, 0) is 64.2 Å². The van der Waals surface area contributed by atoms with Gasteiger partial charge in [0.05, 0.1) is 0 Å². The summed E-state index contributed by atoms with van der Waals surface area (Å²) in [4.78, 5) is 98.5. The summed E-state index contributed by atoms with van der Waals surface area (Å²) < 4.78 is 0. The second-order valence-corrected chi connectivity index (χ2v) is 17.1. The van der Waals surface area contributed by atoms with Crippen LogP contribution in [0.3, 0.4) is 0 Å². The van der Waals surface area contributed by atoms with Crippen molar-refractivity contribution in [2.24, 2.45) is 0 Å². The molecule has 0 radical (unpaired) electrons. The number of anilines is 1. The molecule has 0 spiro atoms. The van der Waals surface area contributed by atoms with E-state index in [4.69, 9.17) is 0 Å². The fraction of sp³-hybridized carbons (Fsp3) is 0.286. The van der Waals surface area contributed by atoms with E-state index in [2.05, 4.69) is 26.6 Å². The summed E-state index contributed by atoms with van der Waals surface area (Å²) in [5.74, 6) is -4.75. The largest absolute Gasteiger partial charge is 0.480 e. The lowest BCUT2D eigenvalue weighted by Gasteiger charge is -2.29. The van der Waals surface area contributed by atoms with Crippen LogP contribution in [-0.4, -0.2) is 88.2 Å². The Hall–Kier alpha value is -7.13. The van der Waals surface area contributed by atoms with Crippen molar-refractivity contribution in [3.8, 4) is 11.1 Å². The molecule has 5 atom stereocenters. The number of carbonyl (C=O) groups is 7. The van der Waals surface area contributed by atoms with Crippen molar-refractivity contribution >= 4 is 58.4 Å². The van der Waals surface area contributed by atoms with Gasteiger partial charge in [-0.25, -0.2) is 4.79 Å². The summed E-state index contributed by atoms with van der Waals surface area (Å²) in [6.07, 6.45) is 0.438. The quantitative estimate of drug-likeness (QED) is 0.117. The SMILES string of the molecule is O=C1CCC(=O)N[C@H](Cc2cccs2)C(=O)N[C@@H](Cc2ccc(-c3ccccc3)cc2)C(=O)N[C@H](Cc2ccccc2)C(=O)N[C@@H](C(=O)N2CCC[C@H]2C(=O)O)Cc2ccc(cc2)N1. The Morgan fingerprint density at radius 1 is 0.609 bits per heavy atom. The van der Waals surface area contributed by atoms with Crippen molar-refractivity contribution in [3.05, 3.63) is 148 Å². The van der Waals surface area contributed by atoms with Gasteiger partial charge < -0.3 is 36.6 Å². The van der Waals surface area contributed by atoms with Gasteiger partial charge in [0.2, 0.25) is 35.4 Å². The third-order valence-electron chi connectivity index (χ3n) is 11.4. The number of rotatable bonds is 9. The number of hydrogen-bond donors (Lipinski definition) is 6. The van der Waals surface area contributed by atoms with Crippen LogP contribution in [0.25, 0.3) is 11.1 Å². The summed E-state index contributed by atoms with van der Waals surface area (Å²) in [6.45, 7) is 0.190. The topological polar surface area (TPSA) is 203 Å². The average Bonchev–Trinajstić information content (AvgIpc) is 4.02. The van der Waals surface area contributed by atoms with Gasteiger partial charge in [-0.3, -0.25) is 28.8 Å². The van der Waals surface area contributed by atoms with E-state index in [0.29, 0.717) is 28.8 Å². The van der Waals surface area contributed by atoms with Gasteiger partial charge >= 0.3 is 5.97 Å². The number of likely N-dealkylation sites (tertiary alicyclic amines) is 1. The van der Waals surface area contributed by atoms with Crippen molar-refractivity contribution in [1.82, 2.24) is 26.2 Å². The van der Waals surface area contributed by atoms with E-state index in [1.54, 1.807) is 48.5 Å². The van der Waals surface area contributed by atoms with E-state index >= 15 is 0 Å². The first kappa shape index (κ1) is 44.9. The van der Waals surface area contributed by atoms with E-state index in [1.807, 2.05) is 78.2 Å². The van der Waals surface area contributed by atoms with Crippen LogP contribution in [0, 0.1) is 0 Å². The molecule has 1 fully saturated rings. The highest BCUT2D eigenvalue weighted by atomic mass is 32.1. The molecule has 6 amide bonds. The number of carbonyl (C=O) groups excluding carboxylic acids is 6. The standard InChI is InChI=1S/C49H50N6O8S/c56-43-23-24-44(57)51-40(30-37-13-8-26-64-37)47(60)53-39(28-32-15-19-35(20-16-32)34-11-5-2-6-12-34)45(58)52-38(27-31-9-3-1-4-10-31)46(59)54-41(29-33-17-21-36(50-43)22-18-33)48(61)55-25-7-14-42(55)49(62)63/h1-6,8-13,15-22,26,38-42H,7,14,23-25,27-30H2,(H,50,56)(H,51,57)(H,52,58)(H,53,60)(H,54,59)(H,62,63)/t38-,39+,40-,41-,42+/m1/s1. The minimum absolute atomic E-state index is 0.00856. The molecule has 3 aliphatic rings. The third-order valence-corrected chi connectivity index (χ3v) is 12.3. The van der Waals surface area contributed by atoms with Crippen LogP contribution in [0.1, 0.15) is 47.3 Å². The molecule has 4 aromatic carbocycles. The smallest absolute Gasteiger partial charge is 0.326 e. The number of carboxylic acid groups (broad SMARTS) is 1. The zero-order valence-electron chi connectivity index (χ0n) is 35.0. The Morgan fingerprint density at radius 3 is 1.81 bits per heavy atom. The van der Waals surface area contributed by atoms with Gasteiger partial charge in [-0.1, -0.05) is 103 Å². The van der Waals surface area contributed by atoms with Crippen LogP contribution >= 0.6 is 11.3 Å². The average molecular weight is 883 g/mol. The Bertz CT molecular complexity index is 2430. The van der Waals surface area contributed by atoms with Gasteiger partial charge in [-0.2, -0.15) is 0 Å². The number of nitrogens with one attached hydrogen (secondary N) is 5. The number of carboxylic acids is 1. The second-order valence-electron chi connectivity index (χ2n) is 16.0. The second kappa shape index (κ2) is 21.3. The molecule has 4 heterocycles. The number of benzene rings is 4. The van der Waals surface area contributed by atoms with Crippen LogP contribution in [-0.2, 0) is 59.2 Å². The molecule has 6 N–H and O–H groups in total. The van der Waals surface area contributed by atoms with E-state index in [-0.39, 0.29) is 51.5 Å². The Balaban J connectivity index is 1.24. The maximum atomic E-state index is 14.7. The number of thiophene rings is 1. The van der Waals surface area contributed by atoms with Gasteiger partial charge in [0.15, 0.2) is 0 Å². The number of nitrogens with zero attached hydrogens (tertiary/aromatic N) is 1. The van der Waals surface area contributed by atoms with E-state index < -0.39 is 71.6 Å². The Kier molecular flexibility index (Phi) is 14.9. The lowest BCUT2D eigenvalue weighted by atomic mass is 9.99. The fourth-order valence-corrected chi connectivity index (χ4v) is 8.74. The van der Waals surface area contributed by atoms with Gasteiger partial charge in [0, 0.05) is 55.6 Å². The first-order valence-corrected chi connectivity index (χ1v) is 22.2. The molecule has 14 nitrogen and oxygen atoms in total. The van der Waals surface area contributed by atoms with E-state index in [0.717, 1.165) is 16.0 Å². The van der Waals surface area contributed by atoms with Crippen molar-refractivity contribution in [2.75, 3.05) is 11.9 Å². The molecule has 0 saturated carbocycles. The summed E-state index contributed by atoms with van der Waals surface area (Å²) in [6, 6.07) is 30.7. The van der Waals surface area contributed by atoms with Crippen molar-refractivity contribution in [1.29, 1.82) is 0 Å². The molecule has 5 aromatic rings. The predicted octanol–water partition coefficient (Wildman–Crippen LogP) is 4.43. The molecule has 2 bridgehead atoms. The zero-order chi connectivity index (χ0) is 45.0. The normalized spacial score (nSPS) is 21.4. The molecule has 3 aliphatic heterocycles. The number of amides is 6. The molecule has 0 unspecified atom stereocenters. The van der Waals surface area contributed by atoms with Crippen molar-refractivity contribution < 1.29 is 38.7 Å². The van der Waals surface area contributed by atoms with Gasteiger partial charge in [0.25, 0.3) is 0 Å². The highest BCUT2D eigenvalue weighted by Gasteiger charge is 2.39. The molecular weight excluding hydrogens is 833 g/mol. The van der Waals surface area contributed by atoms with Crippen molar-refractivity contribution in [3.63, 3.8) is 0 Å². The minimum atomic E-state index is -1.26. The summed E-state index contributed by atoms with van der Waals surface area (Å²) in [5, 5.41) is 26.0. The van der Waals surface area contributed by atoms with E-state index in [1.165, 1.54) is 16.2 Å². The number of hydrogen-bond acceptors (Lipinski definition) is 8. The van der Waals surface area contributed by atoms with E-state index in [9.17, 15) is 38.7 Å². The lowest BCUT2D eigenvalue weighted by molar-refractivity contribution is -0.149. The molecular formula is C49H50N6O8S. The molecule has 0 aliphatic carbocycles. The molecule has 330 valence electrons. The third kappa shape index (κ3) is 12.1. The fourth-order valence-electron chi connectivity index (χ4n) is 7.99. The van der Waals surface area contributed by atoms with Crippen LogP contribution in [0.5, 0.6) is 0 Å². The van der Waals surface area contributed by atoms with Gasteiger partial charge in [-0.15, -0.1) is 11.3 Å². The zero-order valence-corrected chi connectivity index (χ0v) is 35.9. The molecule has 8 rings (SSSR count). The first-order valence-electron chi connectivity index (χ1n) is 21.3.